The van der Waals surface area contributed by atoms with Gasteiger partial charge in [-0.3, -0.25) is 9.69 Å². The number of anilines is 1. The molecule has 1 saturated heterocycles. The quantitative estimate of drug-likeness (QED) is 0.809. The second kappa shape index (κ2) is 7.94. The van der Waals surface area contributed by atoms with Crippen LogP contribution in [0.4, 0.5) is 5.69 Å². The maximum Gasteiger partial charge on any atom is 0.243 e. The molecule has 2 aliphatic rings. The number of amides is 1. The number of nitrogens with one attached hydrogen (secondary N) is 1. The third kappa shape index (κ3) is 3.87. The van der Waals surface area contributed by atoms with E-state index in [9.17, 15) is 13.2 Å². The topological polar surface area (TPSA) is 69.7 Å². The molecule has 1 aromatic carbocycles. The van der Waals surface area contributed by atoms with E-state index in [-0.39, 0.29) is 16.8 Å². The molecule has 150 valence electrons. The monoisotopic (exact) mass is 419 g/mol. The summed E-state index contributed by atoms with van der Waals surface area (Å²) in [4.78, 5) is 16.4. The minimum atomic E-state index is -3.42. The molecule has 28 heavy (non-hydrogen) atoms. The molecule has 2 aliphatic heterocycles. The van der Waals surface area contributed by atoms with E-state index in [1.54, 1.807) is 35.6 Å². The molecule has 3 heterocycles. The van der Waals surface area contributed by atoms with Crippen molar-refractivity contribution in [1.29, 1.82) is 0 Å². The number of rotatable bonds is 5. The lowest BCUT2D eigenvalue weighted by Gasteiger charge is -2.32. The van der Waals surface area contributed by atoms with Gasteiger partial charge in [0.05, 0.1) is 11.4 Å². The van der Waals surface area contributed by atoms with Crippen LogP contribution in [-0.4, -0.2) is 49.7 Å². The van der Waals surface area contributed by atoms with Crippen molar-refractivity contribution in [2.24, 2.45) is 0 Å². The van der Waals surface area contributed by atoms with Gasteiger partial charge in [-0.15, -0.1) is 11.3 Å². The van der Waals surface area contributed by atoms with Crippen LogP contribution in [-0.2, 0) is 21.2 Å². The van der Waals surface area contributed by atoms with Gasteiger partial charge in [0.15, 0.2) is 0 Å². The minimum Gasteiger partial charge on any atom is -0.325 e. The Balaban J connectivity index is 1.37. The Labute approximate surface area is 170 Å². The predicted molar refractivity (Wildman–Crippen MR) is 111 cm³/mol. The van der Waals surface area contributed by atoms with Gasteiger partial charge < -0.3 is 5.32 Å². The summed E-state index contributed by atoms with van der Waals surface area (Å²) in [5.74, 6) is -0.0827. The van der Waals surface area contributed by atoms with Crippen molar-refractivity contribution in [2.45, 2.75) is 37.1 Å². The number of benzene rings is 1. The number of fused-ring (bicyclic) bond motifs is 1. The van der Waals surface area contributed by atoms with Gasteiger partial charge in [0.2, 0.25) is 15.9 Å². The number of nitrogens with zero attached hydrogens (tertiary/aromatic N) is 2. The Kier molecular flexibility index (Phi) is 5.55. The average molecular weight is 420 g/mol. The van der Waals surface area contributed by atoms with Crippen LogP contribution in [0.25, 0.3) is 0 Å². The molecule has 1 N–H and O–H groups in total. The molecule has 0 radical (unpaired) electrons. The Bertz CT molecular complexity index is 947. The van der Waals surface area contributed by atoms with Crippen molar-refractivity contribution in [3.8, 4) is 0 Å². The highest BCUT2D eigenvalue weighted by Gasteiger charge is 2.28. The molecular formula is C20H25N3O3S2. The lowest BCUT2D eigenvalue weighted by Crippen LogP contribution is -2.39. The molecule has 0 unspecified atom stereocenters. The fourth-order valence-corrected chi connectivity index (χ4v) is 6.43. The first-order valence-electron chi connectivity index (χ1n) is 9.65. The summed E-state index contributed by atoms with van der Waals surface area (Å²) in [6, 6.07) is 8.85. The molecule has 6 nitrogen and oxygen atoms in total. The van der Waals surface area contributed by atoms with E-state index in [1.165, 1.54) is 14.7 Å². The van der Waals surface area contributed by atoms with Gasteiger partial charge in [0.1, 0.15) is 0 Å². The zero-order valence-corrected chi connectivity index (χ0v) is 17.6. The summed E-state index contributed by atoms with van der Waals surface area (Å²) in [7, 11) is -3.42. The number of hydrogen-bond acceptors (Lipinski definition) is 5. The lowest BCUT2D eigenvalue weighted by molar-refractivity contribution is -0.117. The van der Waals surface area contributed by atoms with E-state index >= 15 is 0 Å². The first-order chi connectivity index (χ1) is 13.4. The number of hydrogen-bond donors (Lipinski definition) is 1. The Morgan fingerprint density at radius 3 is 2.57 bits per heavy atom. The molecule has 0 aliphatic carbocycles. The summed E-state index contributed by atoms with van der Waals surface area (Å²) >= 11 is 1.79. The van der Waals surface area contributed by atoms with Crippen molar-refractivity contribution in [1.82, 2.24) is 9.21 Å². The predicted octanol–water partition coefficient (Wildman–Crippen LogP) is 3.09. The Morgan fingerprint density at radius 2 is 1.86 bits per heavy atom. The molecule has 1 fully saturated rings. The van der Waals surface area contributed by atoms with E-state index in [0.29, 0.717) is 25.3 Å². The van der Waals surface area contributed by atoms with Gasteiger partial charge in [-0.05, 0) is 67.5 Å². The van der Waals surface area contributed by atoms with Crippen LogP contribution in [0.2, 0.25) is 0 Å². The Morgan fingerprint density at radius 1 is 1.14 bits per heavy atom. The van der Waals surface area contributed by atoms with Crippen LogP contribution in [0.1, 0.15) is 36.2 Å². The average Bonchev–Trinajstić information content (AvgIpc) is 3.36. The van der Waals surface area contributed by atoms with Crippen molar-refractivity contribution in [2.75, 3.05) is 31.5 Å². The number of sulfonamides is 1. The second-order valence-corrected chi connectivity index (χ2v) is 10.3. The molecule has 0 spiro atoms. The van der Waals surface area contributed by atoms with Gasteiger partial charge >= 0.3 is 0 Å². The standard InChI is InChI=1S/C20H25N3O3S2/c1-15-18-9-13-27-19(18)8-12-22(15)14-20(24)21-16-4-6-17(7-5-16)28(25,26)23-10-2-3-11-23/h4-7,9,13,15H,2-3,8,10-12,14H2,1H3,(H,21,24)/t15-/m1/s1. The summed E-state index contributed by atoms with van der Waals surface area (Å²) in [6.45, 7) is 4.50. The van der Waals surface area contributed by atoms with Gasteiger partial charge in [0.25, 0.3) is 0 Å². The summed E-state index contributed by atoms with van der Waals surface area (Å²) in [5.41, 5.74) is 1.94. The molecule has 2 aromatic rings. The molecule has 0 saturated carbocycles. The van der Waals surface area contributed by atoms with Crippen LogP contribution < -0.4 is 5.32 Å². The highest BCUT2D eigenvalue weighted by Crippen LogP contribution is 2.32. The second-order valence-electron chi connectivity index (χ2n) is 7.38. The number of carbonyl (C=O) groups is 1. The van der Waals surface area contributed by atoms with E-state index in [4.69, 9.17) is 0 Å². The molecule has 1 aromatic heterocycles. The van der Waals surface area contributed by atoms with Gasteiger partial charge in [-0.25, -0.2) is 8.42 Å². The van der Waals surface area contributed by atoms with Gasteiger partial charge in [-0.1, -0.05) is 0 Å². The normalized spacial score (nSPS) is 20.8. The smallest absolute Gasteiger partial charge is 0.243 e. The third-order valence-corrected chi connectivity index (χ3v) is 8.50. The highest BCUT2D eigenvalue weighted by molar-refractivity contribution is 7.89. The van der Waals surface area contributed by atoms with Crippen molar-refractivity contribution in [3.05, 3.63) is 46.2 Å². The zero-order chi connectivity index (χ0) is 19.7. The Hall–Kier alpha value is -1.74. The maximum atomic E-state index is 12.6. The largest absolute Gasteiger partial charge is 0.325 e. The summed E-state index contributed by atoms with van der Waals surface area (Å²) < 4.78 is 26.7. The molecular weight excluding hydrogens is 394 g/mol. The number of carbonyl (C=O) groups excluding carboxylic acids is 1. The molecule has 1 amide bonds. The first kappa shape index (κ1) is 19.6. The molecule has 4 rings (SSSR count). The SMILES string of the molecule is C[C@@H]1c2ccsc2CCN1CC(=O)Nc1ccc(S(=O)(=O)N2CCCC2)cc1. The minimum absolute atomic E-state index is 0.0827. The van der Waals surface area contributed by atoms with E-state index in [1.807, 2.05) is 0 Å². The summed E-state index contributed by atoms with van der Waals surface area (Å²) in [6.07, 6.45) is 2.80. The molecule has 0 bridgehead atoms. The van der Waals surface area contributed by atoms with Gasteiger partial charge in [0, 0.05) is 36.2 Å². The molecule has 1 atom stereocenters. The first-order valence-corrected chi connectivity index (χ1v) is 12.0. The zero-order valence-electron chi connectivity index (χ0n) is 15.9. The van der Waals surface area contributed by atoms with E-state index in [2.05, 4.69) is 28.6 Å². The molecule has 8 heteroatoms. The fraction of sp³-hybridized carbons (Fsp3) is 0.450. The maximum absolute atomic E-state index is 12.6. The van der Waals surface area contributed by atoms with Crippen molar-refractivity contribution < 1.29 is 13.2 Å². The lowest BCUT2D eigenvalue weighted by atomic mass is 10.0. The van der Waals surface area contributed by atoms with Crippen molar-refractivity contribution in [3.63, 3.8) is 0 Å². The van der Waals surface area contributed by atoms with Crippen LogP contribution in [0.3, 0.4) is 0 Å². The van der Waals surface area contributed by atoms with Crippen LogP contribution in [0.15, 0.2) is 40.6 Å². The van der Waals surface area contributed by atoms with Crippen molar-refractivity contribution >= 4 is 33.0 Å². The van der Waals surface area contributed by atoms with E-state index < -0.39 is 10.0 Å². The number of thiophene rings is 1. The van der Waals surface area contributed by atoms with Gasteiger partial charge in [-0.2, -0.15) is 4.31 Å². The fourth-order valence-electron chi connectivity index (χ4n) is 3.95. The van der Waals surface area contributed by atoms with Crippen LogP contribution in [0, 0.1) is 0 Å². The third-order valence-electron chi connectivity index (χ3n) is 5.59. The van der Waals surface area contributed by atoms with Crippen LogP contribution in [0.5, 0.6) is 0 Å². The highest BCUT2D eigenvalue weighted by atomic mass is 32.2. The summed E-state index contributed by atoms with van der Waals surface area (Å²) in [5, 5.41) is 5.00. The van der Waals surface area contributed by atoms with E-state index in [0.717, 1.165) is 25.8 Å². The van der Waals surface area contributed by atoms with Crippen LogP contribution >= 0.6 is 11.3 Å².